The number of aryl methyl sites for hydroxylation is 1. The number of amides is 1. The molecule has 1 saturated carbocycles. The van der Waals surface area contributed by atoms with Gasteiger partial charge in [-0.3, -0.25) is 9.89 Å². The second-order valence-corrected chi connectivity index (χ2v) is 5.87. The summed E-state index contributed by atoms with van der Waals surface area (Å²) in [7, 11) is 0. The van der Waals surface area contributed by atoms with Gasteiger partial charge in [0.05, 0.1) is 5.75 Å². The first-order chi connectivity index (χ1) is 9.72. The van der Waals surface area contributed by atoms with E-state index in [2.05, 4.69) is 20.5 Å². The third-order valence-electron chi connectivity index (χ3n) is 3.20. The molecule has 20 heavy (non-hydrogen) atoms. The molecule has 2 N–H and O–H groups in total. The third-order valence-corrected chi connectivity index (χ3v) is 4.05. The van der Waals surface area contributed by atoms with Crippen molar-refractivity contribution >= 4 is 23.4 Å². The van der Waals surface area contributed by atoms with Crippen molar-refractivity contribution in [3.63, 3.8) is 0 Å². The third kappa shape index (κ3) is 3.19. The highest BCUT2D eigenvalue weighted by Crippen LogP contribution is 2.38. The zero-order chi connectivity index (χ0) is 13.9. The largest absolute Gasteiger partial charge is 0.325 e. The molecule has 1 aromatic carbocycles. The summed E-state index contributed by atoms with van der Waals surface area (Å²) < 4.78 is 0. The van der Waals surface area contributed by atoms with E-state index in [1.807, 2.05) is 31.2 Å². The number of nitrogens with zero attached hydrogens (tertiary/aromatic N) is 2. The number of hydrogen-bond acceptors (Lipinski definition) is 4. The highest BCUT2D eigenvalue weighted by atomic mass is 32.2. The van der Waals surface area contributed by atoms with Crippen molar-refractivity contribution in [3.8, 4) is 0 Å². The van der Waals surface area contributed by atoms with Crippen molar-refractivity contribution in [1.29, 1.82) is 0 Å². The highest BCUT2D eigenvalue weighted by molar-refractivity contribution is 7.99. The molecule has 1 fully saturated rings. The second kappa shape index (κ2) is 5.66. The molecule has 0 unspecified atom stereocenters. The molecule has 0 bridgehead atoms. The molecule has 1 amide bonds. The summed E-state index contributed by atoms with van der Waals surface area (Å²) in [5.74, 6) is 1.78. The number of carbonyl (C=O) groups is 1. The first-order valence-electron chi connectivity index (χ1n) is 6.63. The Bertz CT molecular complexity index is 621. The Morgan fingerprint density at radius 2 is 2.25 bits per heavy atom. The van der Waals surface area contributed by atoms with Crippen LogP contribution in [-0.4, -0.2) is 26.8 Å². The zero-order valence-electron chi connectivity index (χ0n) is 11.2. The van der Waals surface area contributed by atoms with E-state index in [0.717, 1.165) is 17.1 Å². The van der Waals surface area contributed by atoms with Crippen LogP contribution in [0.1, 0.15) is 30.1 Å². The fraction of sp³-hybridized carbons (Fsp3) is 0.357. The molecule has 1 aliphatic rings. The second-order valence-electron chi connectivity index (χ2n) is 4.93. The number of nitrogens with one attached hydrogen (secondary N) is 2. The molecule has 0 aliphatic heterocycles. The van der Waals surface area contributed by atoms with E-state index in [4.69, 9.17) is 0 Å². The van der Waals surface area contributed by atoms with Crippen LogP contribution in [0.2, 0.25) is 0 Å². The number of anilines is 1. The molecule has 5 nitrogen and oxygen atoms in total. The average molecular weight is 288 g/mol. The lowest BCUT2D eigenvalue weighted by atomic mass is 10.2. The van der Waals surface area contributed by atoms with Crippen LogP contribution >= 0.6 is 11.8 Å². The molecule has 0 spiro atoms. The van der Waals surface area contributed by atoms with E-state index < -0.39 is 0 Å². The fourth-order valence-corrected chi connectivity index (χ4v) is 2.50. The predicted octanol–water partition coefficient (Wildman–Crippen LogP) is 2.72. The molecule has 1 aromatic heterocycles. The molecule has 6 heteroatoms. The van der Waals surface area contributed by atoms with Gasteiger partial charge in [-0.15, -0.1) is 5.10 Å². The molecular formula is C14H16N4OS. The van der Waals surface area contributed by atoms with Gasteiger partial charge in [-0.2, -0.15) is 0 Å². The van der Waals surface area contributed by atoms with Gasteiger partial charge in [0.15, 0.2) is 0 Å². The minimum atomic E-state index is -0.0397. The summed E-state index contributed by atoms with van der Waals surface area (Å²) >= 11 is 1.35. The summed E-state index contributed by atoms with van der Waals surface area (Å²) in [4.78, 5) is 16.3. The maximum Gasteiger partial charge on any atom is 0.234 e. The fourth-order valence-electron chi connectivity index (χ4n) is 1.89. The van der Waals surface area contributed by atoms with E-state index in [-0.39, 0.29) is 5.91 Å². The first kappa shape index (κ1) is 13.2. The van der Waals surface area contributed by atoms with Crippen LogP contribution in [0.15, 0.2) is 29.4 Å². The average Bonchev–Trinajstić information content (AvgIpc) is 3.18. The number of thioether (sulfide) groups is 1. The number of hydrogen-bond donors (Lipinski definition) is 2. The van der Waals surface area contributed by atoms with Crippen molar-refractivity contribution in [3.05, 3.63) is 35.7 Å². The van der Waals surface area contributed by atoms with Gasteiger partial charge in [0, 0.05) is 11.6 Å². The van der Waals surface area contributed by atoms with Gasteiger partial charge in [-0.05, 0) is 31.4 Å². The van der Waals surface area contributed by atoms with Gasteiger partial charge in [-0.1, -0.05) is 30.0 Å². The van der Waals surface area contributed by atoms with Crippen molar-refractivity contribution in [2.24, 2.45) is 0 Å². The van der Waals surface area contributed by atoms with Crippen molar-refractivity contribution in [2.45, 2.75) is 30.8 Å². The first-order valence-corrected chi connectivity index (χ1v) is 7.61. The van der Waals surface area contributed by atoms with Crippen LogP contribution in [0.4, 0.5) is 5.69 Å². The van der Waals surface area contributed by atoms with Gasteiger partial charge in [0.25, 0.3) is 0 Å². The lowest BCUT2D eigenvalue weighted by Gasteiger charge is -2.06. The van der Waals surface area contributed by atoms with Crippen LogP contribution in [0.25, 0.3) is 0 Å². The smallest absolute Gasteiger partial charge is 0.234 e. The molecule has 1 aliphatic carbocycles. The van der Waals surface area contributed by atoms with E-state index in [1.165, 1.54) is 24.6 Å². The molecule has 1 heterocycles. The maximum absolute atomic E-state index is 11.9. The molecule has 0 radical (unpaired) electrons. The topological polar surface area (TPSA) is 70.7 Å². The predicted molar refractivity (Wildman–Crippen MR) is 78.9 cm³/mol. The lowest BCUT2D eigenvalue weighted by molar-refractivity contribution is -0.113. The molecular weight excluding hydrogens is 272 g/mol. The lowest BCUT2D eigenvalue weighted by Crippen LogP contribution is -2.14. The van der Waals surface area contributed by atoms with Crippen molar-refractivity contribution in [2.75, 3.05) is 11.1 Å². The van der Waals surface area contributed by atoms with Crippen molar-refractivity contribution < 1.29 is 4.79 Å². The summed E-state index contributed by atoms with van der Waals surface area (Å²) in [6.45, 7) is 1.97. The van der Waals surface area contributed by atoms with Crippen molar-refractivity contribution in [1.82, 2.24) is 15.2 Å². The standard InChI is InChI=1S/C14H16N4OS/c1-9-4-2-3-5-11(9)15-12(19)8-20-14-16-13(17-18-14)10-6-7-10/h2-5,10H,6-8H2,1H3,(H,15,19)(H,16,17,18). The number of aromatic nitrogens is 3. The molecule has 3 rings (SSSR count). The normalized spacial score (nSPS) is 14.2. The highest BCUT2D eigenvalue weighted by Gasteiger charge is 2.27. The quantitative estimate of drug-likeness (QED) is 0.830. The molecule has 104 valence electrons. The van der Waals surface area contributed by atoms with Gasteiger partial charge in [-0.25, -0.2) is 4.98 Å². The summed E-state index contributed by atoms with van der Waals surface area (Å²) in [6, 6.07) is 7.73. The van der Waals surface area contributed by atoms with Crippen LogP contribution < -0.4 is 5.32 Å². The Kier molecular flexibility index (Phi) is 3.73. The van der Waals surface area contributed by atoms with E-state index >= 15 is 0 Å². The molecule has 0 saturated heterocycles. The van der Waals surface area contributed by atoms with Gasteiger partial charge >= 0.3 is 0 Å². The molecule has 2 aromatic rings. The Morgan fingerprint density at radius 3 is 3.00 bits per heavy atom. The van der Waals surface area contributed by atoms with Gasteiger partial charge < -0.3 is 5.32 Å². The van der Waals surface area contributed by atoms with Crippen LogP contribution in [-0.2, 0) is 4.79 Å². The van der Waals surface area contributed by atoms with Crippen LogP contribution in [0.5, 0.6) is 0 Å². The minimum absolute atomic E-state index is 0.0397. The zero-order valence-corrected chi connectivity index (χ0v) is 12.0. The number of rotatable bonds is 5. The summed E-state index contributed by atoms with van der Waals surface area (Å²) in [5, 5.41) is 10.6. The monoisotopic (exact) mass is 288 g/mol. The number of H-pyrrole nitrogens is 1. The number of benzene rings is 1. The van der Waals surface area contributed by atoms with Crippen LogP contribution in [0, 0.1) is 6.92 Å². The van der Waals surface area contributed by atoms with Crippen LogP contribution in [0.3, 0.4) is 0 Å². The Balaban J connectivity index is 1.52. The van der Waals surface area contributed by atoms with Gasteiger partial charge in [0.2, 0.25) is 11.1 Å². The Hall–Kier alpha value is -1.82. The Morgan fingerprint density at radius 1 is 1.45 bits per heavy atom. The summed E-state index contributed by atoms with van der Waals surface area (Å²) in [6.07, 6.45) is 2.38. The summed E-state index contributed by atoms with van der Waals surface area (Å²) in [5.41, 5.74) is 1.91. The number of aromatic amines is 1. The molecule has 0 atom stereocenters. The number of para-hydroxylation sites is 1. The maximum atomic E-state index is 11.9. The number of carbonyl (C=O) groups excluding carboxylic acids is 1. The van der Waals surface area contributed by atoms with E-state index in [9.17, 15) is 4.79 Å². The minimum Gasteiger partial charge on any atom is -0.325 e. The SMILES string of the molecule is Cc1ccccc1NC(=O)CSc1n[nH]c(C2CC2)n1. The van der Waals surface area contributed by atoms with Gasteiger partial charge in [0.1, 0.15) is 5.82 Å². The van der Waals surface area contributed by atoms with E-state index in [1.54, 1.807) is 0 Å². The van der Waals surface area contributed by atoms with E-state index in [0.29, 0.717) is 16.8 Å². The Labute approximate surface area is 121 Å².